The van der Waals surface area contributed by atoms with Gasteiger partial charge in [0, 0.05) is 12.8 Å². The number of hydrogen-bond donors (Lipinski definition) is 3. The molecule has 2 unspecified atom stereocenters. The molecule has 0 saturated heterocycles. The van der Waals surface area contributed by atoms with Gasteiger partial charge in [0.25, 0.3) is 0 Å². The fourth-order valence-electron chi connectivity index (χ4n) is 7.36. The molecule has 0 rings (SSSR count). The molecule has 0 aliphatic rings. The minimum Gasteiger partial charge on any atom is -0.466 e. The minimum absolute atomic E-state index is 0.0388. The lowest BCUT2D eigenvalue weighted by Gasteiger charge is -2.20. The van der Waals surface area contributed by atoms with Crippen LogP contribution in [0.2, 0.25) is 0 Å². The predicted molar refractivity (Wildman–Crippen MR) is 255 cm³/mol. The first kappa shape index (κ1) is 56.8. The van der Waals surface area contributed by atoms with Crippen LogP contribution in [0.25, 0.3) is 0 Å². The van der Waals surface area contributed by atoms with Crippen LogP contribution in [0.3, 0.4) is 0 Å². The Kier molecular flexibility index (Phi) is 46.7. The van der Waals surface area contributed by atoms with E-state index in [1.807, 2.05) is 6.08 Å². The molecule has 59 heavy (non-hydrogen) atoms. The molecule has 3 N–H and O–H groups in total. The Morgan fingerprint density at radius 2 is 0.847 bits per heavy atom. The van der Waals surface area contributed by atoms with Gasteiger partial charge in [0.05, 0.1) is 25.4 Å². The third-order valence-electron chi connectivity index (χ3n) is 11.3. The highest BCUT2D eigenvalue weighted by Crippen LogP contribution is 2.14. The van der Waals surface area contributed by atoms with Crippen LogP contribution >= 0.6 is 0 Å². The van der Waals surface area contributed by atoms with Crippen molar-refractivity contribution in [3.05, 3.63) is 48.6 Å². The molecule has 0 aromatic heterocycles. The Morgan fingerprint density at radius 3 is 1.32 bits per heavy atom. The Hall–Kier alpha value is -2.18. The van der Waals surface area contributed by atoms with Crippen LogP contribution < -0.4 is 5.32 Å². The Labute approximate surface area is 366 Å². The molecule has 0 aromatic carbocycles. The average molecular weight is 828 g/mol. The number of nitrogens with one attached hydrogen (secondary N) is 1. The van der Waals surface area contributed by atoms with Crippen LogP contribution in [0.1, 0.15) is 251 Å². The zero-order valence-corrected chi connectivity index (χ0v) is 39.0. The number of carbonyl (C=O) groups excluding carboxylic acids is 2. The number of carbonyl (C=O) groups is 2. The number of rotatable bonds is 46. The van der Waals surface area contributed by atoms with Gasteiger partial charge in [-0.2, -0.15) is 0 Å². The second-order valence-electron chi connectivity index (χ2n) is 17.1. The number of hydrogen-bond acceptors (Lipinski definition) is 5. The van der Waals surface area contributed by atoms with E-state index in [0.29, 0.717) is 19.4 Å². The first-order chi connectivity index (χ1) is 29.0. The van der Waals surface area contributed by atoms with Crippen molar-refractivity contribution in [2.45, 2.75) is 264 Å². The van der Waals surface area contributed by atoms with Crippen LogP contribution in [-0.2, 0) is 14.3 Å². The van der Waals surface area contributed by atoms with Crippen molar-refractivity contribution in [1.29, 1.82) is 0 Å². The third kappa shape index (κ3) is 45.2. The van der Waals surface area contributed by atoms with Crippen molar-refractivity contribution in [2.75, 3.05) is 13.2 Å². The summed E-state index contributed by atoms with van der Waals surface area (Å²) in [6.07, 6.45) is 59.6. The number of esters is 1. The molecular weight excluding hydrogens is 731 g/mol. The zero-order chi connectivity index (χ0) is 43.0. The van der Waals surface area contributed by atoms with Gasteiger partial charge in [-0.3, -0.25) is 9.59 Å². The standard InChI is InChI=1S/C53H97NO5/c1-3-5-7-9-11-13-15-17-19-20-22-27-31-35-39-43-47-53(58)59-48-44-40-36-32-28-24-23-26-30-34-38-42-46-52(57)54-50(49-55)51(56)45-41-37-33-29-25-21-18-16-14-12-10-8-6-4-2/h13,15,19-20,24,28,41,45,50-51,55-56H,3-12,14,16-18,21-23,25-27,29-40,42-44,46-49H2,1-2H3,(H,54,57)/b15-13-,20-19-,28-24-,45-41+. The second-order valence-corrected chi connectivity index (χ2v) is 17.1. The smallest absolute Gasteiger partial charge is 0.305 e. The lowest BCUT2D eigenvalue weighted by molar-refractivity contribution is -0.143. The summed E-state index contributed by atoms with van der Waals surface area (Å²) in [6.45, 7) is 4.80. The van der Waals surface area contributed by atoms with Gasteiger partial charge in [-0.15, -0.1) is 0 Å². The fourth-order valence-corrected chi connectivity index (χ4v) is 7.36. The molecule has 6 nitrogen and oxygen atoms in total. The number of unbranched alkanes of at least 4 members (excludes halogenated alkanes) is 29. The maximum atomic E-state index is 12.4. The summed E-state index contributed by atoms with van der Waals surface area (Å²) < 4.78 is 5.44. The van der Waals surface area contributed by atoms with E-state index in [0.717, 1.165) is 103 Å². The molecule has 0 saturated carbocycles. The molecule has 0 aromatic rings. The van der Waals surface area contributed by atoms with E-state index in [4.69, 9.17) is 4.74 Å². The van der Waals surface area contributed by atoms with Crippen molar-refractivity contribution in [1.82, 2.24) is 5.32 Å². The number of ether oxygens (including phenoxy) is 1. The number of amides is 1. The number of aliphatic hydroxyl groups is 2. The van der Waals surface area contributed by atoms with Gasteiger partial charge in [-0.05, 0) is 96.3 Å². The largest absolute Gasteiger partial charge is 0.466 e. The fraction of sp³-hybridized carbons (Fsp3) is 0.811. The van der Waals surface area contributed by atoms with Crippen molar-refractivity contribution in [3.63, 3.8) is 0 Å². The highest BCUT2D eigenvalue weighted by atomic mass is 16.5. The van der Waals surface area contributed by atoms with Crippen molar-refractivity contribution >= 4 is 11.9 Å². The maximum absolute atomic E-state index is 12.4. The summed E-state index contributed by atoms with van der Waals surface area (Å²) in [5, 5.41) is 23.0. The summed E-state index contributed by atoms with van der Waals surface area (Å²) in [5.41, 5.74) is 0. The van der Waals surface area contributed by atoms with Gasteiger partial charge < -0.3 is 20.3 Å². The average Bonchev–Trinajstić information content (AvgIpc) is 3.24. The van der Waals surface area contributed by atoms with Crippen molar-refractivity contribution in [3.8, 4) is 0 Å². The van der Waals surface area contributed by atoms with Crippen LogP contribution in [0.5, 0.6) is 0 Å². The minimum atomic E-state index is -0.861. The number of allylic oxidation sites excluding steroid dienone is 7. The summed E-state index contributed by atoms with van der Waals surface area (Å²) in [5.74, 6) is -0.135. The summed E-state index contributed by atoms with van der Waals surface area (Å²) >= 11 is 0. The molecule has 2 atom stereocenters. The number of aliphatic hydroxyl groups excluding tert-OH is 2. The van der Waals surface area contributed by atoms with Gasteiger partial charge >= 0.3 is 5.97 Å². The van der Waals surface area contributed by atoms with Crippen LogP contribution in [0, 0.1) is 0 Å². The van der Waals surface area contributed by atoms with E-state index in [1.165, 1.54) is 122 Å². The molecule has 0 radical (unpaired) electrons. The van der Waals surface area contributed by atoms with Gasteiger partial charge in [0.1, 0.15) is 0 Å². The molecule has 0 fully saturated rings. The van der Waals surface area contributed by atoms with E-state index in [2.05, 4.69) is 55.6 Å². The Morgan fingerprint density at radius 1 is 0.475 bits per heavy atom. The molecule has 1 amide bonds. The quantitative estimate of drug-likeness (QED) is 0.0323. The molecule has 0 aliphatic heterocycles. The van der Waals surface area contributed by atoms with Gasteiger partial charge in [0.15, 0.2) is 0 Å². The molecule has 344 valence electrons. The van der Waals surface area contributed by atoms with Crippen molar-refractivity contribution < 1.29 is 24.5 Å². The predicted octanol–water partition coefficient (Wildman–Crippen LogP) is 15.1. The van der Waals surface area contributed by atoms with E-state index in [1.54, 1.807) is 6.08 Å². The molecule has 0 heterocycles. The van der Waals surface area contributed by atoms with E-state index in [-0.39, 0.29) is 18.5 Å². The highest BCUT2D eigenvalue weighted by molar-refractivity contribution is 5.76. The van der Waals surface area contributed by atoms with Gasteiger partial charge in [-0.25, -0.2) is 0 Å². The Bertz CT molecular complexity index is 1000. The summed E-state index contributed by atoms with van der Waals surface area (Å²) in [7, 11) is 0. The van der Waals surface area contributed by atoms with Crippen LogP contribution in [-0.4, -0.2) is 47.4 Å². The monoisotopic (exact) mass is 828 g/mol. The van der Waals surface area contributed by atoms with E-state index >= 15 is 0 Å². The lowest BCUT2D eigenvalue weighted by atomic mass is 10.0. The second kappa shape index (κ2) is 48.5. The van der Waals surface area contributed by atoms with E-state index < -0.39 is 12.1 Å². The summed E-state index contributed by atoms with van der Waals surface area (Å²) in [6, 6.07) is -0.647. The molecular formula is C53H97NO5. The van der Waals surface area contributed by atoms with Gasteiger partial charge in [-0.1, -0.05) is 191 Å². The summed E-state index contributed by atoms with van der Waals surface area (Å²) in [4.78, 5) is 24.4. The van der Waals surface area contributed by atoms with Gasteiger partial charge in [0.2, 0.25) is 5.91 Å². The Balaban J connectivity index is 3.56. The highest BCUT2D eigenvalue weighted by Gasteiger charge is 2.18. The SMILES string of the molecule is CCCCCC/C=C\C/C=C\CCCCCCCC(=O)OCCCCC/C=C\CCCCCCCC(=O)NC(CO)C(O)/C=C/CCCCCCCCCCCCCC. The first-order valence-corrected chi connectivity index (χ1v) is 25.4. The lowest BCUT2D eigenvalue weighted by Crippen LogP contribution is -2.45. The molecule has 0 bridgehead atoms. The third-order valence-corrected chi connectivity index (χ3v) is 11.3. The molecule has 6 heteroatoms. The molecule has 0 aliphatic carbocycles. The van der Waals surface area contributed by atoms with Crippen LogP contribution in [0.4, 0.5) is 0 Å². The normalized spacial score (nSPS) is 13.1. The van der Waals surface area contributed by atoms with Crippen molar-refractivity contribution in [2.24, 2.45) is 0 Å². The van der Waals surface area contributed by atoms with E-state index in [9.17, 15) is 19.8 Å². The first-order valence-electron chi connectivity index (χ1n) is 25.4. The molecule has 0 spiro atoms. The topological polar surface area (TPSA) is 95.9 Å². The zero-order valence-electron chi connectivity index (χ0n) is 39.0. The van der Waals surface area contributed by atoms with Crippen LogP contribution in [0.15, 0.2) is 48.6 Å². The maximum Gasteiger partial charge on any atom is 0.305 e.